The van der Waals surface area contributed by atoms with Crippen LogP contribution in [0.5, 0.6) is 5.75 Å². The van der Waals surface area contributed by atoms with E-state index in [1.165, 1.54) is 0 Å². The van der Waals surface area contributed by atoms with Crippen LogP contribution in [-0.4, -0.2) is 17.7 Å². The monoisotopic (exact) mass is 437 g/mol. The van der Waals surface area contributed by atoms with Crippen molar-refractivity contribution < 1.29 is 19.2 Å². The number of hydrogen-bond donors (Lipinski definition) is 0. The summed E-state index contributed by atoms with van der Waals surface area (Å²) in [6.07, 6.45) is 1.66. The third-order valence-corrected chi connectivity index (χ3v) is 4.80. The third kappa shape index (κ3) is 4.43. The minimum Gasteiger partial charge on any atom is -0.423 e. The maximum absolute atomic E-state index is 12.2. The number of nitrogens with zero attached hydrogens (tertiary/aromatic N) is 1. The van der Waals surface area contributed by atoms with Gasteiger partial charge >= 0.3 is 11.9 Å². The van der Waals surface area contributed by atoms with Gasteiger partial charge in [0.25, 0.3) is 0 Å². The van der Waals surface area contributed by atoms with Crippen LogP contribution >= 0.6 is 23.2 Å². The summed E-state index contributed by atoms with van der Waals surface area (Å²) in [7, 11) is 0. The van der Waals surface area contributed by atoms with Crippen LogP contribution in [-0.2, 0) is 9.63 Å². The predicted octanol–water partition coefficient (Wildman–Crippen LogP) is 5.56. The highest BCUT2D eigenvalue weighted by atomic mass is 35.5. The van der Waals surface area contributed by atoms with Crippen LogP contribution in [0.1, 0.15) is 21.5 Å². The maximum Gasteiger partial charge on any atom is 0.368 e. The fourth-order valence-corrected chi connectivity index (χ4v) is 3.03. The normalized spacial score (nSPS) is 14.4. The van der Waals surface area contributed by atoms with Crippen molar-refractivity contribution >= 4 is 46.9 Å². The molecule has 0 fully saturated rings. The Morgan fingerprint density at radius 1 is 0.867 bits per heavy atom. The molecule has 3 aromatic rings. The summed E-state index contributed by atoms with van der Waals surface area (Å²) >= 11 is 11.7. The van der Waals surface area contributed by atoms with E-state index in [9.17, 15) is 9.59 Å². The summed E-state index contributed by atoms with van der Waals surface area (Å²) < 4.78 is 5.36. The smallest absolute Gasteiger partial charge is 0.368 e. The zero-order valence-corrected chi connectivity index (χ0v) is 16.9. The average molecular weight is 438 g/mol. The number of esters is 1. The molecule has 7 heteroatoms. The lowest BCUT2D eigenvalue weighted by Gasteiger charge is -2.05. The standard InChI is InChI=1S/C23H13Cl2NO4/c24-17-7-3-15(4-8-17)21-20(23(28)30-26-21)13-14-1-11-19(12-2-14)29-22(27)16-5-9-18(25)10-6-16/h1-13H/b20-13-. The predicted molar refractivity (Wildman–Crippen MR) is 115 cm³/mol. The van der Waals surface area contributed by atoms with E-state index in [1.807, 2.05) is 0 Å². The Hall–Kier alpha value is -3.41. The van der Waals surface area contributed by atoms with E-state index >= 15 is 0 Å². The lowest BCUT2D eigenvalue weighted by molar-refractivity contribution is -0.136. The van der Waals surface area contributed by atoms with Crippen LogP contribution in [0.15, 0.2) is 83.5 Å². The molecule has 4 rings (SSSR count). The van der Waals surface area contributed by atoms with Crippen molar-refractivity contribution in [1.82, 2.24) is 0 Å². The molecular weight excluding hydrogens is 425 g/mol. The van der Waals surface area contributed by atoms with Crippen LogP contribution in [0.25, 0.3) is 6.08 Å². The molecular formula is C23H13Cl2NO4. The van der Waals surface area contributed by atoms with E-state index in [-0.39, 0.29) is 0 Å². The fourth-order valence-electron chi connectivity index (χ4n) is 2.78. The average Bonchev–Trinajstić information content (AvgIpc) is 3.11. The van der Waals surface area contributed by atoms with Gasteiger partial charge in [0.15, 0.2) is 0 Å². The summed E-state index contributed by atoms with van der Waals surface area (Å²) in [6.45, 7) is 0. The molecule has 0 saturated heterocycles. The molecule has 0 radical (unpaired) electrons. The number of benzene rings is 3. The molecule has 30 heavy (non-hydrogen) atoms. The van der Waals surface area contributed by atoms with E-state index in [0.29, 0.717) is 38.2 Å². The Balaban J connectivity index is 1.52. The van der Waals surface area contributed by atoms with Crippen molar-refractivity contribution in [2.45, 2.75) is 0 Å². The number of halogens is 2. The van der Waals surface area contributed by atoms with Crippen molar-refractivity contribution in [3.8, 4) is 5.75 Å². The Morgan fingerprint density at radius 2 is 1.47 bits per heavy atom. The number of hydrogen-bond acceptors (Lipinski definition) is 5. The van der Waals surface area contributed by atoms with E-state index in [2.05, 4.69) is 5.16 Å². The Kier molecular flexibility index (Phi) is 5.65. The fraction of sp³-hybridized carbons (Fsp3) is 0. The number of ether oxygens (including phenoxy) is 1. The lowest BCUT2D eigenvalue weighted by Crippen LogP contribution is -2.08. The molecule has 0 unspecified atom stereocenters. The zero-order chi connectivity index (χ0) is 21.1. The van der Waals surface area contributed by atoms with Gasteiger partial charge in [-0.25, -0.2) is 9.59 Å². The Labute approximate surface area is 182 Å². The zero-order valence-electron chi connectivity index (χ0n) is 15.3. The molecule has 1 heterocycles. The van der Waals surface area contributed by atoms with Crippen LogP contribution in [0, 0.1) is 0 Å². The Bertz CT molecular complexity index is 1170. The first-order chi connectivity index (χ1) is 14.5. The first-order valence-electron chi connectivity index (χ1n) is 8.85. The van der Waals surface area contributed by atoms with E-state index < -0.39 is 11.9 Å². The highest BCUT2D eigenvalue weighted by Gasteiger charge is 2.26. The Morgan fingerprint density at radius 3 is 2.10 bits per heavy atom. The van der Waals surface area contributed by atoms with Crippen molar-refractivity contribution in [3.63, 3.8) is 0 Å². The molecule has 0 aliphatic carbocycles. The number of oxime groups is 1. The van der Waals surface area contributed by atoms with E-state index in [0.717, 1.165) is 5.56 Å². The van der Waals surface area contributed by atoms with Crippen molar-refractivity contribution in [2.24, 2.45) is 5.16 Å². The second-order valence-electron chi connectivity index (χ2n) is 6.35. The van der Waals surface area contributed by atoms with Crippen molar-refractivity contribution in [1.29, 1.82) is 0 Å². The van der Waals surface area contributed by atoms with Gasteiger partial charge in [-0.05, 0) is 60.2 Å². The minimum absolute atomic E-state index is 0.322. The van der Waals surface area contributed by atoms with Gasteiger partial charge < -0.3 is 9.57 Å². The summed E-state index contributed by atoms with van der Waals surface area (Å²) in [6, 6.07) is 20.1. The number of carbonyl (C=O) groups is 2. The molecule has 0 bridgehead atoms. The summed E-state index contributed by atoms with van der Waals surface area (Å²) in [5.74, 6) is -0.662. The van der Waals surface area contributed by atoms with Crippen molar-refractivity contribution in [2.75, 3.05) is 0 Å². The number of rotatable bonds is 4. The summed E-state index contributed by atoms with van der Waals surface area (Å²) in [4.78, 5) is 29.1. The summed E-state index contributed by atoms with van der Waals surface area (Å²) in [5.41, 5.74) is 2.57. The molecule has 0 atom stereocenters. The molecule has 0 aromatic heterocycles. The van der Waals surface area contributed by atoms with Gasteiger partial charge in [0.2, 0.25) is 0 Å². The largest absolute Gasteiger partial charge is 0.423 e. The van der Waals surface area contributed by atoms with Crippen molar-refractivity contribution in [3.05, 3.63) is 105 Å². The van der Waals surface area contributed by atoms with Gasteiger partial charge in [-0.15, -0.1) is 0 Å². The van der Waals surface area contributed by atoms with Crippen LogP contribution in [0.3, 0.4) is 0 Å². The van der Waals surface area contributed by atoms with Gasteiger partial charge in [-0.1, -0.05) is 52.6 Å². The molecule has 1 aliphatic heterocycles. The molecule has 0 saturated carbocycles. The molecule has 1 aliphatic rings. The van der Waals surface area contributed by atoms with Gasteiger partial charge in [-0.3, -0.25) is 0 Å². The van der Waals surface area contributed by atoms with Crippen LogP contribution in [0.4, 0.5) is 0 Å². The van der Waals surface area contributed by atoms with Gasteiger partial charge in [0.05, 0.1) is 11.1 Å². The van der Waals surface area contributed by atoms with Crippen LogP contribution in [0.2, 0.25) is 10.0 Å². The minimum atomic E-state index is -0.543. The lowest BCUT2D eigenvalue weighted by atomic mass is 10.0. The third-order valence-electron chi connectivity index (χ3n) is 4.29. The second kappa shape index (κ2) is 8.53. The van der Waals surface area contributed by atoms with Crippen LogP contribution < -0.4 is 4.74 Å². The molecule has 148 valence electrons. The number of carbonyl (C=O) groups excluding carboxylic acids is 2. The maximum atomic E-state index is 12.2. The van der Waals surface area contributed by atoms with Gasteiger partial charge in [0.1, 0.15) is 11.5 Å². The van der Waals surface area contributed by atoms with Gasteiger partial charge in [0, 0.05) is 15.6 Å². The summed E-state index contributed by atoms with van der Waals surface area (Å²) in [5, 5.41) is 4.99. The quantitative estimate of drug-likeness (QED) is 0.232. The molecule has 3 aromatic carbocycles. The second-order valence-corrected chi connectivity index (χ2v) is 7.22. The molecule has 0 spiro atoms. The SMILES string of the molecule is O=C1ON=C(c2ccc(Cl)cc2)/C1=C/c1ccc(OC(=O)c2ccc(Cl)cc2)cc1. The highest BCUT2D eigenvalue weighted by molar-refractivity contribution is 6.32. The van der Waals surface area contributed by atoms with Gasteiger partial charge in [-0.2, -0.15) is 0 Å². The first-order valence-corrected chi connectivity index (χ1v) is 9.60. The topological polar surface area (TPSA) is 65.0 Å². The molecule has 0 N–H and O–H groups in total. The highest BCUT2D eigenvalue weighted by Crippen LogP contribution is 2.23. The first kappa shape index (κ1) is 19.9. The van der Waals surface area contributed by atoms with E-state index in [1.54, 1.807) is 78.9 Å². The molecule has 5 nitrogen and oxygen atoms in total. The molecule has 0 amide bonds. The van der Waals surface area contributed by atoms with E-state index in [4.69, 9.17) is 32.8 Å².